The zero-order valence-electron chi connectivity index (χ0n) is 7.21. The Balaban J connectivity index is 2.48. The zero-order valence-corrected chi connectivity index (χ0v) is 7.21. The first-order valence-corrected chi connectivity index (χ1v) is 4.17. The molecule has 1 N–H and O–H groups in total. The van der Waals surface area contributed by atoms with E-state index in [0.717, 1.165) is 19.5 Å². The Morgan fingerprint density at radius 2 is 2.58 bits per heavy atom. The molecule has 0 spiro atoms. The van der Waals surface area contributed by atoms with Crippen molar-refractivity contribution in [3.8, 4) is 6.07 Å². The number of carbonyl (C=O) groups is 1. The first-order chi connectivity index (χ1) is 5.75. The van der Waals surface area contributed by atoms with Crippen molar-refractivity contribution < 1.29 is 4.79 Å². The normalized spacial score (nSPS) is 19.7. The van der Waals surface area contributed by atoms with Gasteiger partial charge in [0.1, 0.15) is 0 Å². The van der Waals surface area contributed by atoms with Gasteiger partial charge in [-0.2, -0.15) is 5.26 Å². The molecule has 0 aromatic rings. The van der Waals surface area contributed by atoms with Crippen molar-refractivity contribution in [1.82, 2.24) is 10.2 Å². The average molecular weight is 167 g/mol. The van der Waals surface area contributed by atoms with E-state index >= 15 is 0 Å². The van der Waals surface area contributed by atoms with E-state index in [1.165, 1.54) is 0 Å². The van der Waals surface area contributed by atoms with Crippen molar-refractivity contribution in [2.75, 3.05) is 13.1 Å². The van der Waals surface area contributed by atoms with Gasteiger partial charge in [-0.25, -0.2) is 4.79 Å². The van der Waals surface area contributed by atoms with E-state index in [2.05, 4.69) is 11.4 Å². The Morgan fingerprint density at radius 1 is 1.83 bits per heavy atom. The zero-order chi connectivity index (χ0) is 8.97. The summed E-state index contributed by atoms with van der Waals surface area (Å²) < 4.78 is 0. The molecule has 12 heavy (non-hydrogen) atoms. The highest BCUT2D eigenvalue weighted by molar-refractivity contribution is 5.75. The molecule has 0 radical (unpaired) electrons. The Bertz CT molecular complexity index is 209. The number of hydrogen-bond acceptors (Lipinski definition) is 2. The van der Waals surface area contributed by atoms with Gasteiger partial charge >= 0.3 is 6.03 Å². The van der Waals surface area contributed by atoms with Crippen LogP contribution in [0.5, 0.6) is 0 Å². The summed E-state index contributed by atoms with van der Waals surface area (Å²) in [5.74, 6) is 0. The summed E-state index contributed by atoms with van der Waals surface area (Å²) in [7, 11) is 0. The van der Waals surface area contributed by atoms with Crippen molar-refractivity contribution in [2.24, 2.45) is 0 Å². The van der Waals surface area contributed by atoms with Crippen LogP contribution in [-0.2, 0) is 0 Å². The highest BCUT2D eigenvalue weighted by Gasteiger charge is 2.21. The second kappa shape index (κ2) is 3.96. The minimum atomic E-state index is -0.0380. The SMILES string of the molecule is CC(CC#N)N1CCCNC1=O. The molecule has 1 rings (SSSR count). The Kier molecular flexibility index (Phi) is 2.92. The molecule has 1 fully saturated rings. The molecule has 66 valence electrons. The molecule has 4 heteroatoms. The molecule has 1 atom stereocenters. The van der Waals surface area contributed by atoms with E-state index < -0.39 is 0 Å². The summed E-state index contributed by atoms with van der Waals surface area (Å²) >= 11 is 0. The Hall–Kier alpha value is -1.24. The molecule has 0 saturated carbocycles. The van der Waals surface area contributed by atoms with Crippen molar-refractivity contribution in [2.45, 2.75) is 25.8 Å². The summed E-state index contributed by atoms with van der Waals surface area (Å²) in [5.41, 5.74) is 0. The predicted molar refractivity (Wildman–Crippen MR) is 44.4 cm³/mol. The van der Waals surface area contributed by atoms with Gasteiger partial charge in [0.2, 0.25) is 0 Å². The topological polar surface area (TPSA) is 56.1 Å². The molecule has 1 saturated heterocycles. The number of nitrogens with one attached hydrogen (secondary N) is 1. The lowest BCUT2D eigenvalue weighted by Gasteiger charge is -2.31. The van der Waals surface area contributed by atoms with E-state index in [1.807, 2.05) is 6.92 Å². The second-order valence-electron chi connectivity index (χ2n) is 2.99. The fraction of sp³-hybridized carbons (Fsp3) is 0.750. The minimum Gasteiger partial charge on any atom is -0.338 e. The van der Waals surface area contributed by atoms with Crippen LogP contribution < -0.4 is 5.32 Å². The monoisotopic (exact) mass is 167 g/mol. The van der Waals surface area contributed by atoms with Gasteiger partial charge in [-0.05, 0) is 13.3 Å². The number of carbonyl (C=O) groups excluding carboxylic acids is 1. The smallest absolute Gasteiger partial charge is 0.317 e. The van der Waals surface area contributed by atoms with E-state index in [4.69, 9.17) is 5.26 Å². The fourth-order valence-corrected chi connectivity index (χ4v) is 1.31. The second-order valence-corrected chi connectivity index (χ2v) is 2.99. The van der Waals surface area contributed by atoms with Crippen LogP contribution in [0.3, 0.4) is 0 Å². The molecule has 1 aliphatic heterocycles. The number of urea groups is 1. The molecule has 4 nitrogen and oxygen atoms in total. The molecular formula is C8H13N3O. The number of nitrogens with zero attached hydrogens (tertiary/aromatic N) is 2. The van der Waals surface area contributed by atoms with Crippen LogP contribution in [0, 0.1) is 11.3 Å². The molecular weight excluding hydrogens is 154 g/mol. The highest BCUT2D eigenvalue weighted by atomic mass is 16.2. The van der Waals surface area contributed by atoms with Crippen LogP contribution in [0.25, 0.3) is 0 Å². The van der Waals surface area contributed by atoms with E-state index in [0.29, 0.717) is 6.42 Å². The van der Waals surface area contributed by atoms with E-state index in [-0.39, 0.29) is 12.1 Å². The summed E-state index contributed by atoms with van der Waals surface area (Å²) in [4.78, 5) is 12.9. The van der Waals surface area contributed by atoms with Gasteiger partial charge in [-0.1, -0.05) is 0 Å². The van der Waals surface area contributed by atoms with Gasteiger partial charge in [-0.15, -0.1) is 0 Å². The summed E-state index contributed by atoms with van der Waals surface area (Å²) in [6.45, 7) is 3.43. The van der Waals surface area contributed by atoms with Crippen molar-refractivity contribution in [1.29, 1.82) is 5.26 Å². The number of rotatable bonds is 2. The highest BCUT2D eigenvalue weighted by Crippen LogP contribution is 2.07. The molecule has 2 amide bonds. The van der Waals surface area contributed by atoms with Gasteiger partial charge in [0.25, 0.3) is 0 Å². The van der Waals surface area contributed by atoms with Gasteiger partial charge in [0.05, 0.1) is 12.5 Å². The third-order valence-electron chi connectivity index (χ3n) is 2.03. The van der Waals surface area contributed by atoms with Crippen LogP contribution in [0.15, 0.2) is 0 Å². The summed E-state index contributed by atoms with van der Waals surface area (Å²) in [6.07, 6.45) is 1.38. The third kappa shape index (κ3) is 1.88. The van der Waals surface area contributed by atoms with Crippen LogP contribution in [0.4, 0.5) is 4.79 Å². The van der Waals surface area contributed by atoms with Crippen LogP contribution in [0.2, 0.25) is 0 Å². The van der Waals surface area contributed by atoms with Crippen molar-refractivity contribution in [3.05, 3.63) is 0 Å². The lowest BCUT2D eigenvalue weighted by atomic mass is 10.2. The maximum absolute atomic E-state index is 11.2. The summed E-state index contributed by atoms with van der Waals surface area (Å²) in [6, 6.07) is 2.06. The number of hydrogen-bond donors (Lipinski definition) is 1. The van der Waals surface area contributed by atoms with Gasteiger partial charge in [-0.3, -0.25) is 0 Å². The molecule has 1 unspecified atom stereocenters. The first-order valence-electron chi connectivity index (χ1n) is 4.17. The van der Waals surface area contributed by atoms with Crippen molar-refractivity contribution >= 4 is 6.03 Å². The van der Waals surface area contributed by atoms with E-state index in [9.17, 15) is 4.79 Å². The predicted octanol–water partition coefficient (Wildman–Crippen LogP) is 0.704. The van der Waals surface area contributed by atoms with Gasteiger partial charge in [0.15, 0.2) is 0 Å². The van der Waals surface area contributed by atoms with Gasteiger partial charge < -0.3 is 10.2 Å². The number of nitriles is 1. The van der Waals surface area contributed by atoms with Crippen LogP contribution >= 0.6 is 0 Å². The molecule has 1 aliphatic rings. The molecule has 0 aromatic carbocycles. The van der Waals surface area contributed by atoms with Crippen molar-refractivity contribution in [3.63, 3.8) is 0 Å². The standard InChI is InChI=1S/C8H13N3O/c1-7(3-4-9)11-6-2-5-10-8(11)12/h7H,2-3,5-6H2,1H3,(H,10,12). The minimum absolute atomic E-state index is 0.0373. The molecule has 0 bridgehead atoms. The summed E-state index contributed by atoms with van der Waals surface area (Å²) in [5, 5.41) is 11.2. The largest absolute Gasteiger partial charge is 0.338 e. The molecule has 0 aromatic heterocycles. The quantitative estimate of drug-likeness (QED) is 0.658. The Morgan fingerprint density at radius 3 is 3.17 bits per heavy atom. The lowest BCUT2D eigenvalue weighted by Crippen LogP contribution is -2.50. The fourth-order valence-electron chi connectivity index (χ4n) is 1.31. The van der Waals surface area contributed by atoms with E-state index in [1.54, 1.807) is 4.90 Å². The maximum atomic E-state index is 11.2. The number of amides is 2. The first kappa shape index (κ1) is 8.85. The van der Waals surface area contributed by atoms with Crippen LogP contribution in [0.1, 0.15) is 19.8 Å². The molecule has 0 aliphatic carbocycles. The third-order valence-corrected chi connectivity index (χ3v) is 2.03. The Labute approximate surface area is 72.2 Å². The van der Waals surface area contributed by atoms with Gasteiger partial charge in [0, 0.05) is 19.1 Å². The maximum Gasteiger partial charge on any atom is 0.317 e. The van der Waals surface area contributed by atoms with Crippen LogP contribution in [-0.4, -0.2) is 30.1 Å². The molecule has 1 heterocycles. The average Bonchev–Trinajstić information content (AvgIpc) is 2.05. The lowest BCUT2D eigenvalue weighted by molar-refractivity contribution is 0.167.